The molecule has 2 unspecified atom stereocenters. The molecule has 2 atom stereocenters. The molecule has 0 saturated heterocycles. The van der Waals surface area contributed by atoms with E-state index in [0.717, 1.165) is 0 Å². The topological polar surface area (TPSA) is 26.3 Å². The van der Waals surface area contributed by atoms with Crippen molar-refractivity contribution in [1.82, 2.24) is 0 Å². The zero-order valence-electron chi connectivity index (χ0n) is 10.7. The third-order valence-corrected chi connectivity index (χ3v) is 3.15. The van der Waals surface area contributed by atoms with Gasteiger partial charge in [0.05, 0.1) is 0 Å². The van der Waals surface area contributed by atoms with Gasteiger partial charge in [-0.25, -0.2) is 13.6 Å². The molecule has 0 aromatic rings. The standard InChI is InChI=1S/C10H4F12O2/c1-2-3(23)24-10(21,22)5(12)4(11)6(13,14)8(17,18)9(19,20)7(5,15)16/h2,4H,1H2. The number of hydrogen-bond donors (Lipinski definition) is 0. The number of halogens is 12. The molecular weight excluding hydrogens is 380 g/mol. The summed E-state index contributed by atoms with van der Waals surface area (Å²) in [5, 5.41) is 0. The second-order valence-corrected chi connectivity index (χ2v) is 4.56. The van der Waals surface area contributed by atoms with Crippen molar-refractivity contribution in [2.24, 2.45) is 0 Å². The average Bonchev–Trinajstić information content (AvgIpc) is 2.42. The lowest BCUT2D eigenvalue weighted by atomic mass is 9.73. The molecule has 24 heavy (non-hydrogen) atoms. The summed E-state index contributed by atoms with van der Waals surface area (Å²) in [6.07, 6.45) is -12.8. The second kappa shape index (κ2) is 4.94. The molecule has 0 amide bonds. The van der Waals surface area contributed by atoms with Crippen molar-refractivity contribution in [2.75, 3.05) is 0 Å². The first-order valence-electron chi connectivity index (χ1n) is 5.43. The highest BCUT2D eigenvalue weighted by atomic mass is 19.4. The quantitative estimate of drug-likeness (QED) is 0.419. The van der Waals surface area contributed by atoms with E-state index >= 15 is 0 Å². The number of rotatable bonds is 3. The van der Waals surface area contributed by atoms with Crippen LogP contribution in [0.5, 0.6) is 0 Å². The molecule has 0 aliphatic heterocycles. The van der Waals surface area contributed by atoms with Gasteiger partial charge in [0.15, 0.2) is 0 Å². The van der Waals surface area contributed by atoms with Crippen LogP contribution in [0.4, 0.5) is 52.7 Å². The number of alkyl halides is 12. The van der Waals surface area contributed by atoms with Gasteiger partial charge in [0.2, 0.25) is 6.17 Å². The molecule has 140 valence electrons. The summed E-state index contributed by atoms with van der Waals surface area (Å²) in [6.45, 7) is 2.42. The summed E-state index contributed by atoms with van der Waals surface area (Å²) < 4.78 is 161. The van der Waals surface area contributed by atoms with Crippen molar-refractivity contribution in [2.45, 2.75) is 41.6 Å². The van der Waals surface area contributed by atoms with Crippen LogP contribution in [0.1, 0.15) is 0 Å². The summed E-state index contributed by atoms with van der Waals surface area (Å²) in [7, 11) is 0. The summed E-state index contributed by atoms with van der Waals surface area (Å²) >= 11 is 0. The maximum absolute atomic E-state index is 13.9. The fraction of sp³-hybridized carbons (Fsp3) is 0.700. The Bertz CT molecular complexity index is 556. The fourth-order valence-electron chi connectivity index (χ4n) is 1.78. The number of ether oxygens (including phenoxy) is 1. The van der Waals surface area contributed by atoms with E-state index in [1.807, 2.05) is 0 Å². The number of esters is 1. The van der Waals surface area contributed by atoms with E-state index in [1.54, 1.807) is 0 Å². The SMILES string of the molecule is C=CC(=O)OC(F)(F)C1(F)C(F)C(F)(F)C(F)(F)C(F)(F)C1(F)F. The van der Waals surface area contributed by atoms with Crippen LogP contribution in [0, 0.1) is 0 Å². The molecule has 0 bridgehead atoms. The minimum atomic E-state index is -7.47. The molecule has 1 saturated carbocycles. The van der Waals surface area contributed by atoms with E-state index in [2.05, 4.69) is 11.3 Å². The van der Waals surface area contributed by atoms with E-state index in [1.165, 1.54) is 0 Å². The minimum absolute atomic E-state index is 0.267. The van der Waals surface area contributed by atoms with E-state index in [4.69, 9.17) is 0 Å². The minimum Gasteiger partial charge on any atom is -0.395 e. The van der Waals surface area contributed by atoms with E-state index in [0.29, 0.717) is 0 Å². The highest BCUT2D eigenvalue weighted by Gasteiger charge is 3.00. The molecule has 1 fully saturated rings. The Hall–Kier alpha value is -1.63. The Balaban J connectivity index is 3.73. The van der Waals surface area contributed by atoms with Gasteiger partial charge < -0.3 is 4.74 Å². The van der Waals surface area contributed by atoms with E-state index in [9.17, 15) is 57.5 Å². The van der Waals surface area contributed by atoms with Gasteiger partial charge >= 0.3 is 41.4 Å². The predicted octanol–water partition coefficient (Wildman–Crippen LogP) is 3.91. The third-order valence-electron chi connectivity index (χ3n) is 3.15. The summed E-state index contributed by atoms with van der Waals surface area (Å²) in [6, 6.07) is 0. The highest BCUT2D eigenvalue weighted by molar-refractivity contribution is 5.81. The Morgan fingerprint density at radius 2 is 1.33 bits per heavy atom. The van der Waals surface area contributed by atoms with Crippen LogP contribution >= 0.6 is 0 Å². The van der Waals surface area contributed by atoms with Crippen LogP contribution in [0.15, 0.2) is 12.7 Å². The molecule has 0 spiro atoms. The molecule has 0 aromatic heterocycles. The largest absolute Gasteiger partial charge is 0.444 e. The molecule has 0 heterocycles. The fourth-order valence-corrected chi connectivity index (χ4v) is 1.78. The van der Waals surface area contributed by atoms with E-state index < -0.39 is 47.6 Å². The van der Waals surface area contributed by atoms with Gasteiger partial charge in [-0.05, 0) is 0 Å². The maximum Gasteiger partial charge on any atom is 0.444 e. The molecule has 0 radical (unpaired) electrons. The molecule has 14 heteroatoms. The van der Waals surface area contributed by atoms with Crippen LogP contribution in [-0.2, 0) is 9.53 Å². The maximum atomic E-state index is 13.9. The first-order chi connectivity index (χ1) is 10.4. The normalized spacial score (nSPS) is 33.6. The van der Waals surface area contributed by atoms with Crippen molar-refractivity contribution < 1.29 is 62.2 Å². The molecule has 1 aliphatic rings. The summed E-state index contributed by atoms with van der Waals surface area (Å²) in [5.74, 6) is -31.6. The van der Waals surface area contributed by atoms with Gasteiger partial charge in [-0.15, -0.1) is 0 Å². The molecule has 0 N–H and O–H groups in total. The Kier molecular flexibility index (Phi) is 4.20. The lowest BCUT2D eigenvalue weighted by Crippen LogP contribution is -2.84. The number of hydrogen-bond acceptors (Lipinski definition) is 2. The van der Waals surface area contributed by atoms with Gasteiger partial charge in [-0.1, -0.05) is 6.58 Å². The lowest BCUT2D eigenvalue weighted by Gasteiger charge is -2.51. The first kappa shape index (κ1) is 20.4. The molecule has 2 nitrogen and oxygen atoms in total. The van der Waals surface area contributed by atoms with Gasteiger partial charge in [-0.3, -0.25) is 0 Å². The van der Waals surface area contributed by atoms with Crippen LogP contribution < -0.4 is 0 Å². The lowest BCUT2D eigenvalue weighted by molar-refractivity contribution is -0.480. The number of carbonyl (C=O) groups excluding carboxylic acids is 1. The van der Waals surface area contributed by atoms with Crippen LogP contribution in [0.3, 0.4) is 0 Å². The van der Waals surface area contributed by atoms with Gasteiger partial charge in [0.1, 0.15) is 0 Å². The Morgan fingerprint density at radius 1 is 0.917 bits per heavy atom. The van der Waals surface area contributed by atoms with Gasteiger partial charge in [0.25, 0.3) is 0 Å². The zero-order chi connectivity index (χ0) is 19.6. The molecule has 1 rings (SSSR count). The van der Waals surface area contributed by atoms with Crippen LogP contribution in [0.2, 0.25) is 0 Å². The van der Waals surface area contributed by atoms with Crippen molar-refractivity contribution in [3.63, 3.8) is 0 Å². The Morgan fingerprint density at radius 3 is 1.71 bits per heavy atom. The van der Waals surface area contributed by atoms with Crippen molar-refractivity contribution in [1.29, 1.82) is 0 Å². The molecular formula is C10H4F12O2. The monoisotopic (exact) mass is 384 g/mol. The predicted molar refractivity (Wildman–Crippen MR) is 49.8 cm³/mol. The first-order valence-corrected chi connectivity index (χ1v) is 5.43. The smallest absolute Gasteiger partial charge is 0.395 e. The third kappa shape index (κ3) is 1.96. The van der Waals surface area contributed by atoms with Crippen molar-refractivity contribution >= 4 is 5.97 Å². The summed E-state index contributed by atoms with van der Waals surface area (Å²) in [5.41, 5.74) is -7.02. The number of carbonyl (C=O) groups is 1. The van der Waals surface area contributed by atoms with Gasteiger partial charge in [0, 0.05) is 6.08 Å². The average molecular weight is 384 g/mol. The molecule has 1 aliphatic carbocycles. The Labute approximate surface area is 124 Å². The second-order valence-electron chi connectivity index (χ2n) is 4.56. The van der Waals surface area contributed by atoms with Crippen molar-refractivity contribution in [3.8, 4) is 0 Å². The van der Waals surface area contributed by atoms with Crippen LogP contribution in [0.25, 0.3) is 0 Å². The molecule has 0 aromatic carbocycles. The summed E-state index contributed by atoms with van der Waals surface area (Å²) in [4.78, 5) is 10.5. The zero-order valence-corrected chi connectivity index (χ0v) is 10.7. The highest BCUT2D eigenvalue weighted by Crippen LogP contribution is 2.68. The van der Waals surface area contributed by atoms with Crippen LogP contribution in [-0.4, -0.2) is 47.6 Å². The van der Waals surface area contributed by atoms with Gasteiger partial charge in [-0.2, -0.15) is 43.9 Å². The van der Waals surface area contributed by atoms with Crippen molar-refractivity contribution in [3.05, 3.63) is 12.7 Å². The van der Waals surface area contributed by atoms with E-state index in [-0.39, 0.29) is 6.08 Å².